The number of nitrogens with zero attached hydrogens (tertiary/aromatic N) is 2. The fraction of sp³-hybridized carbons (Fsp3) is 0.100. The van der Waals surface area contributed by atoms with E-state index in [2.05, 4.69) is 10.2 Å². The van der Waals surface area contributed by atoms with E-state index >= 15 is 0 Å². The summed E-state index contributed by atoms with van der Waals surface area (Å²) in [7, 11) is 0. The molecule has 0 spiro atoms. The molecule has 2 aromatic rings. The maximum absolute atomic E-state index is 10.6. The summed E-state index contributed by atoms with van der Waals surface area (Å²) in [5, 5.41) is 7.71. The summed E-state index contributed by atoms with van der Waals surface area (Å²) in [6.07, 6.45) is 0.870. The standard InChI is InChI=1S/C10H8N2OS2/c1-7-4-9(3-2-8(7)5-13)15-10-12-11-6-14-10/h2-6H,1H3. The van der Waals surface area contributed by atoms with Gasteiger partial charge in [0.2, 0.25) is 0 Å². The van der Waals surface area contributed by atoms with Gasteiger partial charge in [0.25, 0.3) is 0 Å². The summed E-state index contributed by atoms with van der Waals surface area (Å²) in [5.74, 6) is 0. The van der Waals surface area contributed by atoms with E-state index in [9.17, 15) is 4.79 Å². The predicted molar refractivity (Wildman–Crippen MR) is 60.6 cm³/mol. The Morgan fingerprint density at radius 3 is 2.93 bits per heavy atom. The second-order valence-electron chi connectivity index (χ2n) is 2.94. The molecule has 2 rings (SSSR count). The Bertz CT molecular complexity index is 468. The molecule has 1 aromatic carbocycles. The van der Waals surface area contributed by atoms with Gasteiger partial charge in [-0.2, -0.15) is 0 Å². The molecule has 0 fully saturated rings. The molecule has 1 heterocycles. The Kier molecular flexibility index (Phi) is 3.13. The fourth-order valence-corrected chi connectivity index (χ4v) is 2.70. The maximum atomic E-state index is 10.6. The number of aryl methyl sites for hydroxylation is 1. The molecule has 0 unspecified atom stereocenters. The van der Waals surface area contributed by atoms with Crippen LogP contribution in [0.15, 0.2) is 32.9 Å². The lowest BCUT2D eigenvalue weighted by molar-refractivity contribution is 0.112. The minimum Gasteiger partial charge on any atom is -0.298 e. The Morgan fingerprint density at radius 2 is 2.33 bits per heavy atom. The van der Waals surface area contributed by atoms with E-state index in [0.717, 1.165) is 26.6 Å². The highest BCUT2D eigenvalue weighted by Gasteiger charge is 2.03. The molecule has 0 N–H and O–H groups in total. The highest BCUT2D eigenvalue weighted by atomic mass is 32.2. The third kappa shape index (κ3) is 2.43. The van der Waals surface area contributed by atoms with Gasteiger partial charge < -0.3 is 0 Å². The van der Waals surface area contributed by atoms with E-state index in [1.807, 2.05) is 25.1 Å². The van der Waals surface area contributed by atoms with E-state index in [1.54, 1.807) is 17.3 Å². The fourth-order valence-electron chi connectivity index (χ4n) is 1.15. The third-order valence-electron chi connectivity index (χ3n) is 1.91. The lowest BCUT2D eigenvalue weighted by atomic mass is 10.1. The minimum atomic E-state index is 0.733. The van der Waals surface area contributed by atoms with Crippen molar-refractivity contribution < 1.29 is 4.79 Å². The minimum absolute atomic E-state index is 0.733. The molecule has 0 saturated carbocycles. The van der Waals surface area contributed by atoms with Crippen LogP contribution in [0.25, 0.3) is 0 Å². The van der Waals surface area contributed by atoms with Crippen molar-refractivity contribution in [3.8, 4) is 0 Å². The first-order valence-corrected chi connectivity index (χ1v) is 5.99. The molecule has 0 bridgehead atoms. The van der Waals surface area contributed by atoms with Gasteiger partial charge in [0, 0.05) is 10.5 Å². The molecule has 5 heteroatoms. The molecule has 0 aliphatic heterocycles. The van der Waals surface area contributed by atoms with Gasteiger partial charge in [-0.05, 0) is 24.6 Å². The monoisotopic (exact) mass is 236 g/mol. The van der Waals surface area contributed by atoms with Crippen LogP contribution in [0.1, 0.15) is 15.9 Å². The normalized spacial score (nSPS) is 10.2. The van der Waals surface area contributed by atoms with Crippen LogP contribution < -0.4 is 0 Å². The van der Waals surface area contributed by atoms with Crippen molar-refractivity contribution in [3.05, 3.63) is 34.8 Å². The van der Waals surface area contributed by atoms with Crippen LogP contribution in [0.5, 0.6) is 0 Å². The number of hydrogen-bond donors (Lipinski definition) is 0. The van der Waals surface area contributed by atoms with Crippen molar-refractivity contribution in [1.29, 1.82) is 0 Å². The van der Waals surface area contributed by atoms with Crippen LogP contribution in [0.3, 0.4) is 0 Å². The highest BCUT2D eigenvalue weighted by Crippen LogP contribution is 2.29. The quantitative estimate of drug-likeness (QED) is 0.768. The van der Waals surface area contributed by atoms with Gasteiger partial charge in [-0.3, -0.25) is 4.79 Å². The first-order chi connectivity index (χ1) is 7.29. The molecule has 0 amide bonds. The molecule has 0 saturated heterocycles. The van der Waals surface area contributed by atoms with E-state index in [4.69, 9.17) is 0 Å². The average molecular weight is 236 g/mol. The molecule has 0 aliphatic carbocycles. The number of hydrogen-bond acceptors (Lipinski definition) is 5. The Hall–Kier alpha value is -1.20. The van der Waals surface area contributed by atoms with Crippen molar-refractivity contribution in [2.75, 3.05) is 0 Å². The molecule has 15 heavy (non-hydrogen) atoms. The number of carbonyl (C=O) groups is 1. The Labute approximate surface area is 95.6 Å². The topological polar surface area (TPSA) is 42.9 Å². The number of aldehydes is 1. The van der Waals surface area contributed by atoms with E-state index in [-0.39, 0.29) is 0 Å². The van der Waals surface area contributed by atoms with Gasteiger partial charge in [0.1, 0.15) is 11.8 Å². The van der Waals surface area contributed by atoms with Crippen LogP contribution in [0.4, 0.5) is 0 Å². The molecule has 0 aliphatic rings. The van der Waals surface area contributed by atoms with Gasteiger partial charge in [-0.1, -0.05) is 29.2 Å². The smallest absolute Gasteiger partial charge is 0.178 e. The Morgan fingerprint density at radius 1 is 1.47 bits per heavy atom. The first kappa shape index (κ1) is 10.3. The summed E-state index contributed by atoms with van der Waals surface area (Å²) in [6, 6.07) is 5.73. The lowest BCUT2D eigenvalue weighted by Gasteiger charge is -2.01. The molecular formula is C10H8N2OS2. The molecule has 76 valence electrons. The van der Waals surface area contributed by atoms with Crippen LogP contribution in [-0.2, 0) is 0 Å². The van der Waals surface area contributed by atoms with E-state index in [0.29, 0.717) is 0 Å². The molecule has 3 nitrogen and oxygen atoms in total. The van der Waals surface area contributed by atoms with Gasteiger partial charge in [-0.15, -0.1) is 10.2 Å². The molecule has 1 aromatic heterocycles. The second kappa shape index (κ2) is 4.55. The van der Waals surface area contributed by atoms with Crippen molar-refractivity contribution in [2.45, 2.75) is 16.2 Å². The maximum Gasteiger partial charge on any atom is 0.178 e. The van der Waals surface area contributed by atoms with Crippen LogP contribution in [-0.4, -0.2) is 16.5 Å². The van der Waals surface area contributed by atoms with Gasteiger partial charge in [0.15, 0.2) is 4.34 Å². The zero-order valence-corrected chi connectivity index (χ0v) is 9.64. The highest BCUT2D eigenvalue weighted by molar-refractivity contribution is 8.01. The van der Waals surface area contributed by atoms with Crippen molar-refractivity contribution in [2.24, 2.45) is 0 Å². The van der Waals surface area contributed by atoms with Crippen LogP contribution >= 0.6 is 23.1 Å². The van der Waals surface area contributed by atoms with Crippen molar-refractivity contribution in [3.63, 3.8) is 0 Å². The summed E-state index contributed by atoms with van der Waals surface area (Å²) in [6.45, 7) is 1.92. The Balaban J connectivity index is 2.23. The third-order valence-corrected chi connectivity index (χ3v) is 3.68. The van der Waals surface area contributed by atoms with E-state index < -0.39 is 0 Å². The zero-order chi connectivity index (χ0) is 10.7. The second-order valence-corrected chi connectivity index (χ2v) is 5.10. The average Bonchev–Trinajstić information content (AvgIpc) is 2.71. The van der Waals surface area contributed by atoms with Gasteiger partial charge >= 0.3 is 0 Å². The summed E-state index contributed by atoms with van der Waals surface area (Å²) in [5.41, 5.74) is 3.42. The lowest BCUT2D eigenvalue weighted by Crippen LogP contribution is -1.85. The largest absolute Gasteiger partial charge is 0.298 e. The SMILES string of the molecule is Cc1cc(Sc2nncs2)ccc1C=O. The zero-order valence-electron chi connectivity index (χ0n) is 8.01. The summed E-state index contributed by atoms with van der Waals surface area (Å²) >= 11 is 3.06. The van der Waals surface area contributed by atoms with E-state index in [1.165, 1.54) is 11.3 Å². The van der Waals surface area contributed by atoms with Gasteiger partial charge in [0.05, 0.1) is 0 Å². The van der Waals surface area contributed by atoms with Crippen LogP contribution in [0, 0.1) is 6.92 Å². The number of rotatable bonds is 3. The summed E-state index contributed by atoms with van der Waals surface area (Å²) in [4.78, 5) is 11.7. The van der Waals surface area contributed by atoms with Gasteiger partial charge in [-0.25, -0.2) is 0 Å². The molecular weight excluding hydrogens is 228 g/mol. The molecule has 0 radical (unpaired) electrons. The van der Waals surface area contributed by atoms with Crippen LogP contribution in [0.2, 0.25) is 0 Å². The van der Waals surface area contributed by atoms with Crippen molar-refractivity contribution >= 4 is 29.4 Å². The number of aromatic nitrogens is 2. The number of benzene rings is 1. The first-order valence-electron chi connectivity index (χ1n) is 4.29. The number of carbonyl (C=O) groups excluding carboxylic acids is 1. The van der Waals surface area contributed by atoms with Crippen molar-refractivity contribution in [1.82, 2.24) is 10.2 Å². The molecule has 0 atom stereocenters. The predicted octanol–water partition coefficient (Wildman–Crippen LogP) is 2.81. The summed E-state index contributed by atoms with van der Waals surface area (Å²) < 4.78 is 0.910.